The predicted octanol–water partition coefficient (Wildman–Crippen LogP) is -0.371. The Morgan fingerprint density at radius 2 is 2.05 bits per heavy atom. The number of hydrogen-bond acceptors (Lipinski definition) is 6. The minimum absolute atomic E-state index is 0.0638. The Balaban J connectivity index is 2.85. The number of carbonyl (C=O) groups is 1. The zero-order valence-corrected chi connectivity index (χ0v) is 11.1. The van der Waals surface area contributed by atoms with E-state index in [2.05, 4.69) is 10.3 Å². The van der Waals surface area contributed by atoms with E-state index < -0.39 is 12.2 Å². The summed E-state index contributed by atoms with van der Waals surface area (Å²) in [5, 5.41) is 22.2. The van der Waals surface area contributed by atoms with E-state index in [-0.39, 0.29) is 18.3 Å². The monoisotopic (exact) mass is 270 g/mol. The van der Waals surface area contributed by atoms with Gasteiger partial charge in [0, 0.05) is 25.1 Å². The van der Waals surface area contributed by atoms with E-state index in [0.29, 0.717) is 11.4 Å². The highest BCUT2D eigenvalue weighted by Crippen LogP contribution is 2.27. The van der Waals surface area contributed by atoms with E-state index in [9.17, 15) is 15.0 Å². The van der Waals surface area contributed by atoms with Crippen LogP contribution in [0.3, 0.4) is 0 Å². The van der Waals surface area contributed by atoms with Crippen molar-refractivity contribution in [2.75, 3.05) is 20.8 Å². The average molecular weight is 270 g/mol. The number of aliphatic hydroxyl groups is 2. The number of hydrogen-bond donors (Lipinski definition) is 3. The Hall–Kier alpha value is -1.86. The first-order valence-electron chi connectivity index (χ1n) is 5.69. The van der Waals surface area contributed by atoms with Gasteiger partial charge in [0.2, 0.25) is 17.7 Å². The third-order valence-corrected chi connectivity index (χ3v) is 2.51. The van der Waals surface area contributed by atoms with Gasteiger partial charge in [-0.1, -0.05) is 0 Å². The van der Waals surface area contributed by atoms with Gasteiger partial charge in [0.1, 0.15) is 12.2 Å². The Bertz CT molecular complexity index is 438. The minimum Gasteiger partial charge on any atom is -0.481 e. The first-order valence-corrected chi connectivity index (χ1v) is 5.69. The molecule has 0 aliphatic rings. The molecule has 0 aliphatic heterocycles. The number of carbonyl (C=O) groups excluding carboxylic acids is 1. The molecule has 0 spiro atoms. The molecule has 106 valence electrons. The second-order valence-corrected chi connectivity index (χ2v) is 3.90. The second kappa shape index (κ2) is 6.91. The number of pyridine rings is 1. The second-order valence-electron chi connectivity index (χ2n) is 3.90. The molecule has 7 heteroatoms. The lowest BCUT2D eigenvalue weighted by Gasteiger charge is -2.20. The third-order valence-electron chi connectivity index (χ3n) is 2.51. The fourth-order valence-corrected chi connectivity index (χ4v) is 1.50. The highest BCUT2D eigenvalue weighted by Gasteiger charge is 2.23. The van der Waals surface area contributed by atoms with Gasteiger partial charge in [-0.2, -0.15) is 4.98 Å². The van der Waals surface area contributed by atoms with E-state index >= 15 is 0 Å². The molecule has 0 aromatic carbocycles. The molecule has 7 nitrogen and oxygen atoms in total. The summed E-state index contributed by atoms with van der Waals surface area (Å²) < 4.78 is 9.97. The van der Waals surface area contributed by atoms with Crippen LogP contribution in [-0.4, -0.2) is 48.0 Å². The van der Waals surface area contributed by atoms with Crippen molar-refractivity contribution in [3.63, 3.8) is 0 Å². The van der Waals surface area contributed by atoms with Gasteiger partial charge in [-0.25, -0.2) is 0 Å². The average Bonchev–Trinajstić information content (AvgIpc) is 2.42. The van der Waals surface area contributed by atoms with Gasteiger partial charge in [-0.3, -0.25) is 4.79 Å². The Morgan fingerprint density at radius 3 is 2.58 bits per heavy atom. The van der Waals surface area contributed by atoms with Crippen molar-refractivity contribution in [2.45, 2.75) is 19.1 Å². The summed E-state index contributed by atoms with van der Waals surface area (Å²) >= 11 is 0. The third kappa shape index (κ3) is 4.08. The standard InChI is InChI=1S/C12H18N2O5/c1-7(15)13-6-9(16)11(17)8-4-5-10(18-2)14-12(8)19-3/h4-5,9,11,16-17H,6H2,1-3H3,(H,13,15). The normalized spacial score (nSPS) is 13.5. The van der Waals surface area contributed by atoms with Crippen molar-refractivity contribution < 1.29 is 24.5 Å². The number of nitrogens with zero attached hydrogens (tertiary/aromatic N) is 1. The van der Waals surface area contributed by atoms with Crippen LogP contribution in [0.2, 0.25) is 0 Å². The van der Waals surface area contributed by atoms with E-state index in [0.717, 1.165) is 0 Å². The summed E-state index contributed by atoms with van der Waals surface area (Å²) in [6.45, 7) is 1.26. The van der Waals surface area contributed by atoms with Crippen molar-refractivity contribution >= 4 is 5.91 Å². The van der Waals surface area contributed by atoms with E-state index in [4.69, 9.17) is 9.47 Å². The smallest absolute Gasteiger partial charge is 0.222 e. The first kappa shape index (κ1) is 15.2. The van der Waals surface area contributed by atoms with Crippen LogP contribution in [0.4, 0.5) is 0 Å². The molecule has 1 amide bonds. The highest BCUT2D eigenvalue weighted by molar-refractivity contribution is 5.72. The van der Waals surface area contributed by atoms with Gasteiger partial charge >= 0.3 is 0 Å². The van der Waals surface area contributed by atoms with Crippen LogP contribution in [0, 0.1) is 0 Å². The molecule has 0 saturated carbocycles. The zero-order chi connectivity index (χ0) is 14.4. The summed E-state index contributed by atoms with van der Waals surface area (Å²) in [6, 6.07) is 3.10. The molecule has 19 heavy (non-hydrogen) atoms. The molecule has 1 aromatic heterocycles. The summed E-state index contributed by atoms with van der Waals surface area (Å²) in [5.41, 5.74) is 0.321. The molecule has 1 rings (SSSR count). The molecule has 3 N–H and O–H groups in total. The van der Waals surface area contributed by atoms with Crippen LogP contribution in [0.15, 0.2) is 12.1 Å². The zero-order valence-electron chi connectivity index (χ0n) is 11.1. The molecule has 2 atom stereocenters. The van der Waals surface area contributed by atoms with Gasteiger partial charge in [0.05, 0.1) is 14.2 Å². The number of aliphatic hydroxyl groups excluding tert-OH is 2. The number of ether oxygens (including phenoxy) is 2. The van der Waals surface area contributed by atoms with Crippen molar-refractivity contribution in [1.29, 1.82) is 0 Å². The van der Waals surface area contributed by atoms with Crippen molar-refractivity contribution in [2.24, 2.45) is 0 Å². The molecular formula is C12H18N2O5. The van der Waals surface area contributed by atoms with Gasteiger partial charge < -0.3 is 25.0 Å². The quantitative estimate of drug-likeness (QED) is 0.652. The van der Waals surface area contributed by atoms with E-state index in [1.165, 1.54) is 21.1 Å². The number of methoxy groups -OCH3 is 2. The maximum Gasteiger partial charge on any atom is 0.222 e. The van der Waals surface area contributed by atoms with Crippen molar-refractivity contribution in [3.8, 4) is 11.8 Å². The lowest BCUT2D eigenvalue weighted by atomic mass is 10.1. The molecule has 0 radical (unpaired) electrons. The molecule has 0 aliphatic carbocycles. The molecule has 0 bridgehead atoms. The summed E-state index contributed by atoms with van der Waals surface area (Å²) in [4.78, 5) is 14.8. The SMILES string of the molecule is COc1ccc(C(O)C(O)CNC(C)=O)c(OC)n1. The number of aromatic nitrogens is 1. The molecule has 1 heterocycles. The van der Waals surface area contributed by atoms with Crippen LogP contribution >= 0.6 is 0 Å². The van der Waals surface area contributed by atoms with Crippen molar-refractivity contribution in [3.05, 3.63) is 17.7 Å². The van der Waals surface area contributed by atoms with Gasteiger partial charge in [0.15, 0.2) is 0 Å². The molecule has 0 fully saturated rings. The lowest BCUT2D eigenvalue weighted by molar-refractivity contribution is -0.119. The predicted molar refractivity (Wildman–Crippen MR) is 67.0 cm³/mol. The van der Waals surface area contributed by atoms with Crippen LogP contribution in [0.5, 0.6) is 11.8 Å². The number of nitrogens with one attached hydrogen (secondary N) is 1. The fraction of sp³-hybridized carbons (Fsp3) is 0.500. The Morgan fingerprint density at radius 1 is 1.37 bits per heavy atom. The van der Waals surface area contributed by atoms with Crippen LogP contribution in [-0.2, 0) is 4.79 Å². The molecule has 0 saturated heterocycles. The number of amides is 1. The lowest BCUT2D eigenvalue weighted by Crippen LogP contribution is -2.34. The van der Waals surface area contributed by atoms with Crippen molar-refractivity contribution in [1.82, 2.24) is 10.3 Å². The summed E-state index contributed by atoms with van der Waals surface area (Å²) in [5.74, 6) is 0.212. The van der Waals surface area contributed by atoms with E-state index in [1.807, 2.05) is 0 Å². The van der Waals surface area contributed by atoms with Crippen LogP contribution in [0.1, 0.15) is 18.6 Å². The first-order chi connectivity index (χ1) is 8.99. The largest absolute Gasteiger partial charge is 0.481 e. The van der Waals surface area contributed by atoms with E-state index in [1.54, 1.807) is 12.1 Å². The minimum atomic E-state index is -1.22. The van der Waals surface area contributed by atoms with Gasteiger partial charge in [-0.05, 0) is 6.07 Å². The van der Waals surface area contributed by atoms with Crippen LogP contribution < -0.4 is 14.8 Å². The maximum absolute atomic E-state index is 10.8. The highest BCUT2D eigenvalue weighted by atomic mass is 16.5. The Kier molecular flexibility index (Phi) is 5.53. The van der Waals surface area contributed by atoms with Gasteiger partial charge in [-0.15, -0.1) is 0 Å². The maximum atomic E-state index is 10.8. The molecule has 2 unspecified atom stereocenters. The molecular weight excluding hydrogens is 252 g/mol. The fourth-order valence-electron chi connectivity index (χ4n) is 1.50. The Labute approximate surface area is 111 Å². The number of rotatable bonds is 6. The van der Waals surface area contributed by atoms with Gasteiger partial charge in [0.25, 0.3) is 0 Å². The van der Waals surface area contributed by atoms with Crippen LogP contribution in [0.25, 0.3) is 0 Å². The summed E-state index contributed by atoms with van der Waals surface area (Å²) in [6.07, 6.45) is -2.38. The topological polar surface area (TPSA) is 101 Å². The molecule has 1 aromatic rings. The summed E-state index contributed by atoms with van der Waals surface area (Å²) in [7, 11) is 2.86.